The molecule has 29 heavy (non-hydrogen) atoms. The van der Waals surface area contributed by atoms with Gasteiger partial charge in [0.15, 0.2) is 5.96 Å². The van der Waals surface area contributed by atoms with Crippen molar-refractivity contribution in [2.75, 3.05) is 32.1 Å². The summed E-state index contributed by atoms with van der Waals surface area (Å²) < 4.78 is 19.5. The van der Waals surface area contributed by atoms with Gasteiger partial charge in [-0.25, -0.2) is 9.98 Å². The number of benzene rings is 1. The van der Waals surface area contributed by atoms with E-state index in [9.17, 15) is 9.18 Å². The molecule has 1 saturated heterocycles. The highest BCUT2D eigenvalue weighted by Gasteiger charge is 2.56. The summed E-state index contributed by atoms with van der Waals surface area (Å²) in [7, 11) is 2.98. The van der Waals surface area contributed by atoms with E-state index in [0.29, 0.717) is 25.5 Å². The van der Waals surface area contributed by atoms with Crippen molar-refractivity contribution in [1.82, 2.24) is 14.9 Å². The predicted octanol–water partition coefficient (Wildman–Crippen LogP) is 1.31. The number of nitrogens with two attached hydrogens (primary N) is 1. The minimum atomic E-state index is -0.855. The number of fused-ring (bicyclic) bond motifs is 1. The molecule has 3 heterocycles. The number of rotatable bonds is 4. The highest BCUT2D eigenvalue weighted by atomic mass is 19.1. The number of ether oxygens (including phenoxy) is 1. The highest BCUT2D eigenvalue weighted by Crippen LogP contribution is 2.44. The number of methoxy groups -OCH3 is 1. The van der Waals surface area contributed by atoms with E-state index in [1.54, 1.807) is 7.05 Å². The van der Waals surface area contributed by atoms with Crippen LogP contribution in [0.25, 0.3) is 0 Å². The summed E-state index contributed by atoms with van der Waals surface area (Å²) in [6.07, 6.45) is 0.394. The number of aromatic nitrogens is 2. The Labute approximate surface area is 168 Å². The number of aliphatic imine (C=N–C) groups is 1. The number of anilines is 1. The average molecular weight is 398 g/mol. The first-order valence-corrected chi connectivity index (χ1v) is 9.45. The van der Waals surface area contributed by atoms with Crippen LogP contribution in [0.4, 0.5) is 10.3 Å². The second-order valence-electron chi connectivity index (χ2n) is 7.24. The van der Waals surface area contributed by atoms with Crippen LogP contribution in [0.2, 0.25) is 0 Å². The number of guanidine groups is 1. The summed E-state index contributed by atoms with van der Waals surface area (Å²) in [4.78, 5) is 29.7. The molecular formula is C20H23FN6O2. The topological polar surface area (TPSA) is 96.9 Å². The Balaban J connectivity index is 1.83. The van der Waals surface area contributed by atoms with Gasteiger partial charge in [-0.15, -0.1) is 0 Å². The van der Waals surface area contributed by atoms with Gasteiger partial charge < -0.3 is 15.4 Å². The zero-order valence-corrected chi connectivity index (χ0v) is 16.6. The maximum atomic E-state index is 14.4. The second-order valence-corrected chi connectivity index (χ2v) is 7.24. The number of halogens is 1. The van der Waals surface area contributed by atoms with E-state index in [0.717, 1.165) is 5.56 Å². The van der Waals surface area contributed by atoms with Crippen LogP contribution in [-0.4, -0.2) is 54.0 Å². The molecule has 0 unspecified atom stereocenters. The van der Waals surface area contributed by atoms with Crippen molar-refractivity contribution in [2.24, 2.45) is 16.6 Å². The van der Waals surface area contributed by atoms with E-state index in [2.05, 4.69) is 9.97 Å². The van der Waals surface area contributed by atoms with E-state index in [1.165, 1.54) is 12.0 Å². The predicted molar refractivity (Wildman–Crippen MR) is 106 cm³/mol. The van der Waals surface area contributed by atoms with E-state index < -0.39 is 17.3 Å². The lowest BCUT2D eigenvalue weighted by molar-refractivity contribution is -0.132. The molecule has 2 N–H and O–H groups in total. The van der Waals surface area contributed by atoms with Crippen molar-refractivity contribution in [3.8, 4) is 5.88 Å². The highest BCUT2D eigenvalue weighted by molar-refractivity contribution is 6.01. The normalized spacial score (nSPS) is 23.8. The molecule has 1 aromatic carbocycles. The third-order valence-electron chi connectivity index (χ3n) is 5.66. The standard InChI is InChI=1S/C20H23FN6O2/c1-4-14-15(21)16(29-3)24-19(23-14)27-10-13-17(28)26(2)18(22)25-20(13,11-27)12-8-6-5-7-9-12/h5-9,13H,4,10-11H2,1-3H3,(H2,22,25)/t13-,20+/m0/s1. The maximum absolute atomic E-state index is 14.4. The van der Waals surface area contributed by atoms with Crippen molar-refractivity contribution < 1.29 is 13.9 Å². The van der Waals surface area contributed by atoms with Crippen LogP contribution in [0.5, 0.6) is 5.88 Å². The molecule has 2 aliphatic heterocycles. The van der Waals surface area contributed by atoms with Crippen LogP contribution in [-0.2, 0) is 16.8 Å². The fraction of sp³-hybridized carbons (Fsp3) is 0.400. The van der Waals surface area contributed by atoms with Gasteiger partial charge in [0.25, 0.3) is 5.88 Å². The van der Waals surface area contributed by atoms with Crippen LogP contribution in [0, 0.1) is 11.7 Å². The fourth-order valence-corrected chi connectivity index (χ4v) is 4.06. The molecule has 2 aromatic rings. The van der Waals surface area contributed by atoms with E-state index in [1.807, 2.05) is 42.2 Å². The summed E-state index contributed by atoms with van der Waals surface area (Å²) in [5.41, 5.74) is 6.38. The second kappa shape index (κ2) is 6.98. The first-order valence-electron chi connectivity index (χ1n) is 9.45. The molecule has 0 radical (unpaired) electrons. The van der Waals surface area contributed by atoms with Crippen LogP contribution < -0.4 is 15.4 Å². The number of nitrogens with zero attached hydrogens (tertiary/aromatic N) is 5. The molecule has 8 nitrogen and oxygen atoms in total. The van der Waals surface area contributed by atoms with Gasteiger partial charge in [0, 0.05) is 13.6 Å². The molecule has 4 rings (SSSR count). The van der Waals surface area contributed by atoms with Gasteiger partial charge in [-0.05, 0) is 12.0 Å². The van der Waals surface area contributed by atoms with E-state index in [-0.39, 0.29) is 23.4 Å². The van der Waals surface area contributed by atoms with Crippen molar-refractivity contribution in [2.45, 2.75) is 18.9 Å². The molecule has 1 aromatic heterocycles. The smallest absolute Gasteiger partial charge is 0.255 e. The molecule has 1 amide bonds. The zero-order chi connectivity index (χ0) is 20.8. The minimum Gasteiger partial charge on any atom is -0.479 e. The number of aryl methyl sites for hydroxylation is 1. The van der Waals surface area contributed by atoms with Gasteiger partial charge in [-0.3, -0.25) is 9.69 Å². The Hall–Kier alpha value is -3.23. The van der Waals surface area contributed by atoms with Gasteiger partial charge in [0.1, 0.15) is 5.54 Å². The first kappa shape index (κ1) is 19.1. The van der Waals surface area contributed by atoms with Crippen molar-refractivity contribution in [3.05, 3.63) is 47.4 Å². The zero-order valence-electron chi connectivity index (χ0n) is 16.6. The first-order chi connectivity index (χ1) is 13.9. The summed E-state index contributed by atoms with van der Waals surface area (Å²) in [5, 5.41) is 0. The summed E-state index contributed by atoms with van der Waals surface area (Å²) in [6.45, 7) is 2.50. The van der Waals surface area contributed by atoms with Gasteiger partial charge in [0.2, 0.25) is 17.7 Å². The molecule has 0 bridgehead atoms. The maximum Gasteiger partial charge on any atom is 0.255 e. The summed E-state index contributed by atoms with van der Waals surface area (Å²) in [6, 6.07) is 9.61. The van der Waals surface area contributed by atoms with Crippen LogP contribution in [0.15, 0.2) is 35.3 Å². The minimum absolute atomic E-state index is 0.109. The quantitative estimate of drug-likeness (QED) is 0.834. The molecule has 152 valence electrons. The lowest BCUT2D eigenvalue weighted by Crippen LogP contribution is -2.54. The summed E-state index contributed by atoms with van der Waals surface area (Å²) in [5.74, 6) is -0.772. The monoisotopic (exact) mass is 398 g/mol. The molecule has 0 saturated carbocycles. The Morgan fingerprint density at radius 3 is 2.69 bits per heavy atom. The SMILES string of the molecule is CCc1nc(N2C[C@H]3C(=O)N(C)C(N)=N[C@@]3(c3ccccc3)C2)nc(OC)c1F. The molecular weight excluding hydrogens is 375 g/mol. The number of hydrogen-bond acceptors (Lipinski definition) is 7. The van der Waals surface area contributed by atoms with Crippen LogP contribution >= 0.6 is 0 Å². The average Bonchev–Trinajstić information content (AvgIpc) is 3.14. The molecule has 2 aliphatic rings. The third kappa shape index (κ3) is 2.88. The lowest BCUT2D eigenvalue weighted by Gasteiger charge is -2.37. The van der Waals surface area contributed by atoms with E-state index in [4.69, 9.17) is 15.5 Å². The Bertz CT molecular complexity index is 957. The third-order valence-corrected chi connectivity index (χ3v) is 5.66. The molecule has 9 heteroatoms. The summed E-state index contributed by atoms with van der Waals surface area (Å²) >= 11 is 0. The lowest BCUT2D eigenvalue weighted by atomic mass is 9.79. The number of carbonyl (C=O) groups excluding carboxylic acids is 1. The Kier molecular flexibility index (Phi) is 4.60. The molecule has 0 aliphatic carbocycles. The van der Waals surface area contributed by atoms with Crippen molar-refractivity contribution >= 4 is 17.8 Å². The van der Waals surface area contributed by atoms with Gasteiger partial charge in [-0.1, -0.05) is 37.3 Å². The fourth-order valence-electron chi connectivity index (χ4n) is 4.06. The number of hydrogen-bond donors (Lipinski definition) is 1. The van der Waals surface area contributed by atoms with Crippen molar-refractivity contribution in [1.29, 1.82) is 0 Å². The number of amides is 1. The number of carbonyl (C=O) groups is 1. The van der Waals surface area contributed by atoms with Crippen molar-refractivity contribution in [3.63, 3.8) is 0 Å². The Morgan fingerprint density at radius 2 is 2.03 bits per heavy atom. The van der Waals surface area contributed by atoms with Gasteiger partial charge in [-0.2, -0.15) is 9.37 Å². The molecule has 1 fully saturated rings. The molecule has 2 atom stereocenters. The van der Waals surface area contributed by atoms with Crippen LogP contribution in [0.3, 0.4) is 0 Å². The largest absolute Gasteiger partial charge is 0.479 e. The van der Waals surface area contributed by atoms with Gasteiger partial charge in [0.05, 0.1) is 25.3 Å². The van der Waals surface area contributed by atoms with Gasteiger partial charge >= 0.3 is 0 Å². The van der Waals surface area contributed by atoms with Crippen LogP contribution in [0.1, 0.15) is 18.2 Å². The van der Waals surface area contributed by atoms with E-state index >= 15 is 0 Å². The Morgan fingerprint density at radius 1 is 1.31 bits per heavy atom. The molecule has 0 spiro atoms.